The van der Waals surface area contributed by atoms with Crippen LogP contribution >= 0.6 is 66.4 Å². The van der Waals surface area contributed by atoms with E-state index in [2.05, 4.69) is 38.8 Å². The van der Waals surface area contributed by atoms with Gasteiger partial charge in [0.15, 0.2) is 0 Å². The second-order valence-corrected chi connectivity index (χ2v) is 7.42. The molecule has 0 amide bonds. The van der Waals surface area contributed by atoms with Crippen LogP contribution < -0.4 is 0 Å². The van der Waals surface area contributed by atoms with Gasteiger partial charge in [-0.15, -0.1) is 22.9 Å². The lowest BCUT2D eigenvalue weighted by molar-refractivity contribution is 1.14. The Bertz CT molecular complexity index is 532. The molecule has 0 spiro atoms. The summed E-state index contributed by atoms with van der Waals surface area (Å²) in [5.74, 6) is 0. The van der Waals surface area contributed by atoms with Crippen LogP contribution in [0.5, 0.6) is 0 Å². The summed E-state index contributed by atoms with van der Waals surface area (Å²) in [4.78, 5) is 1.05. The minimum atomic E-state index is -0.165. The highest BCUT2D eigenvalue weighted by molar-refractivity contribution is 9.10. The van der Waals surface area contributed by atoms with Crippen molar-refractivity contribution in [1.82, 2.24) is 0 Å². The van der Waals surface area contributed by atoms with Crippen LogP contribution in [0.1, 0.15) is 21.4 Å². The largest absolute Gasteiger partial charge is 0.125 e. The van der Waals surface area contributed by atoms with Gasteiger partial charge in [0.1, 0.15) is 4.34 Å². The van der Waals surface area contributed by atoms with Crippen LogP contribution in [0.2, 0.25) is 4.34 Å². The molecule has 0 nitrogen and oxygen atoms in total. The molecular weight excluding hydrogens is 407 g/mol. The average Bonchev–Trinajstić information content (AvgIpc) is 2.62. The smallest absolute Gasteiger partial charge is 0.107 e. The van der Waals surface area contributed by atoms with E-state index in [0.717, 1.165) is 29.3 Å². The highest BCUT2D eigenvalue weighted by Gasteiger charge is 2.18. The molecule has 90 valence electrons. The van der Waals surface area contributed by atoms with Crippen molar-refractivity contribution in [2.75, 3.05) is 0 Å². The Balaban J connectivity index is 2.43. The van der Waals surface area contributed by atoms with E-state index in [4.69, 9.17) is 23.2 Å². The maximum Gasteiger partial charge on any atom is 0.107 e. The summed E-state index contributed by atoms with van der Waals surface area (Å²) in [6, 6.07) is 8.02. The third-order valence-electron chi connectivity index (χ3n) is 2.50. The molecule has 0 aliphatic carbocycles. The summed E-state index contributed by atoms with van der Waals surface area (Å²) >= 11 is 21.0. The van der Waals surface area contributed by atoms with Gasteiger partial charge in [0.2, 0.25) is 0 Å². The lowest BCUT2D eigenvalue weighted by Gasteiger charge is -2.12. The molecule has 1 aromatic heterocycles. The zero-order valence-electron chi connectivity index (χ0n) is 8.81. The highest BCUT2D eigenvalue weighted by Crippen LogP contribution is 2.41. The zero-order valence-corrected chi connectivity index (χ0v) is 14.3. The Hall–Kier alpha value is 0.460. The topological polar surface area (TPSA) is 0 Å². The van der Waals surface area contributed by atoms with Crippen molar-refractivity contribution in [3.8, 4) is 0 Å². The molecule has 1 heterocycles. The first-order valence-corrected chi connectivity index (χ1v) is 8.06. The second kappa shape index (κ2) is 5.62. The van der Waals surface area contributed by atoms with E-state index in [0.29, 0.717) is 0 Å². The number of hydrogen-bond donors (Lipinski definition) is 0. The second-order valence-electron chi connectivity index (χ2n) is 3.59. The lowest BCUT2D eigenvalue weighted by atomic mass is 10.0. The molecule has 2 aromatic rings. The molecule has 0 aliphatic heterocycles. The molecule has 0 bridgehead atoms. The van der Waals surface area contributed by atoms with Crippen LogP contribution in [0.4, 0.5) is 0 Å². The van der Waals surface area contributed by atoms with Gasteiger partial charge in [-0.1, -0.05) is 39.7 Å². The first-order valence-electron chi connectivity index (χ1n) is 4.84. The molecule has 0 fully saturated rings. The maximum atomic E-state index is 6.50. The van der Waals surface area contributed by atoms with Crippen molar-refractivity contribution >= 4 is 66.4 Å². The fourth-order valence-corrected chi connectivity index (χ4v) is 4.09. The SMILES string of the molecule is Cc1c(Br)cccc1C(Cl)c1cc(Br)c(Cl)s1. The minimum absolute atomic E-state index is 0.165. The first-order chi connectivity index (χ1) is 8.00. The van der Waals surface area contributed by atoms with E-state index in [-0.39, 0.29) is 5.38 Å². The number of halogens is 4. The Kier molecular flexibility index (Phi) is 4.59. The predicted molar refractivity (Wildman–Crippen MR) is 83.6 cm³/mol. The summed E-state index contributed by atoms with van der Waals surface area (Å²) < 4.78 is 2.71. The molecule has 0 saturated heterocycles. The Morgan fingerprint density at radius 2 is 1.94 bits per heavy atom. The fourth-order valence-electron chi connectivity index (χ4n) is 1.54. The number of rotatable bonds is 2. The average molecular weight is 415 g/mol. The van der Waals surface area contributed by atoms with Crippen LogP contribution in [0, 0.1) is 6.92 Å². The Morgan fingerprint density at radius 3 is 2.53 bits per heavy atom. The molecular formula is C12H8Br2Cl2S. The van der Waals surface area contributed by atoms with E-state index in [1.807, 2.05) is 24.3 Å². The quantitative estimate of drug-likeness (QED) is 0.488. The fraction of sp³-hybridized carbons (Fsp3) is 0.167. The van der Waals surface area contributed by atoms with E-state index in [1.54, 1.807) is 0 Å². The third-order valence-corrected chi connectivity index (χ3v) is 6.49. The van der Waals surface area contributed by atoms with Crippen LogP contribution in [-0.2, 0) is 0 Å². The summed E-state index contributed by atoms with van der Waals surface area (Å²) in [6.45, 7) is 2.05. The summed E-state index contributed by atoms with van der Waals surface area (Å²) in [5, 5.41) is -0.165. The monoisotopic (exact) mass is 412 g/mol. The molecule has 1 unspecified atom stereocenters. The number of hydrogen-bond acceptors (Lipinski definition) is 1. The van der Waals surface area contributed by atoms with E-state index in [1.165, 1.54) is 11.3 Å². The van der Waals surface area contributed by atoms with Crippen molar-refractivity contribution in [2.24, 2.45) is 0 Å². The molecule has 5 heteroatoms. The molecule has 2 rings (SSSR count). The predicted octanol–water partition coefficient (Wildman–Crippen LogP) is 6.56. The van der Waals surface area contributed by atoms with Crippen molar-refractivity contribution in [1.29, 1.82) is 0 Å². The summed E-state index contributed by atoms with van der Waals surface area (Å²) in [6.07, 6.45) is 0. The highest BCUT2D eigenvalue weighted by atomic mass is 79.9. The van der Waals surface area contributed by atoms with E-state index < -0.39 is 0 Å². The van der Waals surface area contributed by atoms with Crippen LogP contribution in [0.15, 0.2) is 33.2 Å². The molecule has 1 atom stereocenters. The molecule has 0 N–H and O–H groups in total. The van der Waals surface area contributed by atoms with Crippen LogP contribution in [0.3, 0.4) is 0 Å². The van der Waals surface area contributed by atoms with Crippen LogP contribution in [0.25, 0.3) is 0 Å². The van der Waals surface area contributed by atoms with Crippen molar-refractivity contribution < 1.29 is 0 Å². The van der Waals surface area contributed by atoms with Gasteiger partial charge >= 0.3 is 0 Å². The first kappa shape index (κ1) is 13.9. The normalized spacial score (nSPS) is 12.8. The Morgan fingerprint density at radius 1 is 1.24 bits per heavy atom. The van der Waals surface area contributed by atoms with Gasteiger partial charge in [-0.3, -0.25) is 0 Å². The number of thiophene rings is 1. The Labute approximate surface area is 131 Å². The van der Waals surface area contributed by atoms with Gasteiger partial charge in [0.25, 0.3) is 0 Å². The molecule has 0 saturated carbocycles. The van der Waals surface area contributed by atoms with Gasteiger partial charge < -0.3 is 0 Å². The maximum absolute atomic E-state index is 6.50. The standard InChI is InChI=1S/C12H8Br2Cl2S/c1-6-7(3-2-4-8(6)13)11(15)10-5-9(14)12(16)17-10/h2-5,11H,1H3. The van der Waals surface area contributed by atoms with Gasteiger partial charge in [-0.05, 0) is 46.1 Å². The summed E-state index contributed by atoms with van der Waals surface area (Å²) in [7, 11) is 0. The zero-order chi connectivity index (χ0) is 12.6. The molecule has 1 aromatic carbocycles. The van der Waals surface area contributed by atoms with Gasteiger partial charge in [0.05, 0.1) is 5.38 Å². The van der Waals surface area contributed by atoms with Gasteiger partial charge in [0, 0.05) is 13.8 Å². The minimum Gasteiger partial charge on any atom is -0.125 e. The van der Waals surface area contributed by atoms with Gasteiger partial charge in [-0.25, -0.2) is 0 Å². The molecule has 0 radical (unpaired) electrons. The number of benzene rings is 1. The van der Waals surface area contributed by atoms with Crippen molar-refractivity contribution in [2.45, 2.75) is 12.3 Å². The van der Waals surface area contributed by atoms with E-state index >= 15 is 0 Å². The lowest BCUT2D eigenvalue weighted by Crippen LogP contribution is -1.94. The van der Waals surface area contributed by atoms with Crippen molar-refractivity contribution in [3.05, 3.63) is 53.6 Å². The molecule has 0 aliphatic rings. The molecule has 17 heavy (non-hydrogen) atoms. The van der Waals surface area contributed by atoms with Crippen LogP contribution in [-0.4, -0.2) is 0 Å². The van der Waals surface area contributed by atoms with E-state index in [9.17, 15) is 0 Å². The van der Waals surface area contributed by atoms with Gasteiger partial charge in [-0.2, -0.15) is 0 Å². The summed E-state index contributed by atoms with van der Waals surface area (Å²) in [5.41, 5.74) is 2.26. The number of alkyl halides is 1. The van der Waals surface area contributed by atoms with Crippen molar-refractivity contribution in [3.63, 3.8) is 0 Å². The third kappa shape index (κ3) is 2.90.